The molecule has 82 valence electrons. The molecule has 0 spiro atoms. The predicted molar refractivity (Wildman–Crippen MR) is 57.8 cm³/mol. The molecule has 1 aliphatic carbocycles. The number of carbonyl (C=O) groups is 1. The Morgan fingerprint density at radius 1 is 1.50 bits per heavy atom. The molecule has 1 atom stereocenters. The summed E-state index contributed by atoms with van der Waals surface area (Å²) in [6.45, 7) is 8.91. The molecule has 0 aromatic heterocycles. The molecule has 1 unspecified atom stereocenters. The minimum atomic E-state index is -0.412. The van der Waals surface area contributed by atoms with Crippen LogP contribution in [0.3, 0.4) is 0 Å². The van der Waals surface area contributed by atoms with Gasteiger partial charge in [-0.2, -0.15) is 0 Å². The summed E-state index contributed by atoms with van der Waals surface area (Å²) in [7, 11) is 0. The van der Waals surface area contributed by atoms with Gasteiger partial charge >= 0.3 is 0 Å². The Kier molecular flexibility index (Phi) is 2.91. The minimum Gasteiger partial charge on any atom is -0.354 e. The van der Waals surface area contributed by atoms with Gasteiger partial charge in [-0.3, -0.25) is 4.79 Å². The van der Waals surface area contributed by atoms with Crippen molar-refractivity contribution in [2.45, 2.75) is 46.6 Å². The minimum absolute atomic E-state index is 0.0226. The Bertz CT molecular complexity index is 226. The standard InChI is InChI=1S/C11H22N2O/c1-10(2,3)8(12)9(14)13-7-11(4)5-6-11/h8H,5-7,12H2,1-4H3,(H,13,14). The fourth-order valence-electron chi connectivity index (χ4n) is 1.19. The SMILES string of the molecule is CC1(CNC(=O)C(N)C(C)(C)C)CC1. The summed E-state index contributed by atoms with van der Waals surface area (Å²) in [4.78, 5) is 11.6. The monoisotopic (exact) mass is 198 g/mol. The van der Waals surface area contributed by atoms with Crippen molar-refractivity contribution in [1.29, 1.82) is 0 Å². The van der Waals surface area contributed by atoms with E-state index in [2.05, 4.69) is 12.2 Å². The lowest BCUT2D eigenvalue weighted by molar-refractivity contribution is -0.124. The second-order valence-corrected chi connectivity index (χ2v) is 5.87. The Morgan fingerprint density at radius 3 is 2.36 bits per heavy atom. The highest BCUT2D eigenvalue weighted by Crippen LogP contribution is 2.44. The summed E-state index contributed by atoms with van der Waals surface area (Å²) in [6.07, 6.45) is 2.44. The smallest absolute Gasteiger partial charge is 0.237 e. The molecule has 0 radical (unpaired) electrons. The van der Waals surface area contributed by atoms with E-state index < -0.39 is 6.04 Å². The summed E-state index contributed by atoms with van der Waals surface area (Å²) in [5, 5.41) is 2.93. The van der Waals surface area contributed by atoms with Crippen LogP contribution in [-0.2, 0) is 4.79 Å². The second-order valence-electron chi connectivity index (χ2n) is 5.87. The Morgan fingerprint density at radius 2 is 2.00 bits per heavy atom. The van der Waals surface area contributed by atoms with Crippen LogP contribution in [0.1, 0.15) is 40.5 Å². The van der Waals surface area contributed by atoms with Gasteiger partial charge in [0.05, 0.1) is 6.04 Å². The van der Waals surface area contributed by atoms with Crippen molar-refractivity contribution in [3.63, 3.8) is 0 Å². The van der Waals surface area contributed by atoms with Crippen molar-refractivity contribution in [1.82, 2.24) is 5.32 Å². The molecule has 3 heteroatoms. The maximum absolute atomic E-state index is 11.6. The third-order valence-electron chi connectivity index (χ3n) is 3.01. The van der Waals surface area contributed by atoms with Gasteiger partial charge in [-0.15, -0.1) is 0 Å². The maximum Gasteiger partial charge on any atom is 0.237 e. The van der Waals surface area contributed by atoms with Crippen molar-refractivity contribution >= 4 is 5.91 Å². The third-order valence-corrected chi connectivity index (χ3v) is 3.01. The molecule has 0 bridgehead atoms. The topological polar surface area (TPSA) is 55.1 Å². The maximum atomic E-state index is 11.6. The molecule has 14 heavy (non-hydrogen) atoms. The summed E-state index contributed by atoms with van der Waals surface area (Å²) in [6, 6.07) is -0.412. The van der Waals surface area contributed by atoms with E-state index in [0.717, 1.165) is 6.54 Å². The number of rotatable bonds is 3. The summed E-state index contributed by atoms with van der Waals surface area (Å²) >= 11 is 0. The van der Waals surface area contributed by atoms with Crippen molar-refractivity contribution in [3.8, 4) is 0 Å². The van der Waals surface area contributed by atoms with Gasteiger partial charge in [-0.1, -0.05) is 27.7 Å². The van der Waals surface area contributed by atoms with E-state index in [-0.39, 0.29) is 11.3 Å². The van der Waals surface area contributed by atoms with Crippen molar-refractivity contribution in [2.75, 3.05) is 6.54 Å². The van der Waals surface area contributed by atoms with Gasteiger partial charge in [0.15, 0.2) is 0 Å². The van der Waals surface area contributed by atoms with E-state index in [9.17, 15) is 4.79 Å². The first-order valence-corrected chi connectivity index (χ1v) is 5.28. The molecule has 3 nitrogen and oxygen atoms in total. The third kappa shape index (κ3) is 2.98. The van der Waals surface area contributed by atoms with Gasteiger partial charge in [0, 0.05) is 6.54 Å². The fraction of sp³-hybridized carbons (Fsp3) is 0.909. The van der Waals surface area contributed by atoms with Crippen LogP contribution >= 0.6 is 0 Å². The molecule has 0 saturated heterocycles. The summed E-state index contributed by atoms with van der Waals surface area (Å²) in [5.41, 5.74) is 6.03. The van der Waals surface area contributed by atoms with Crippen LogP contribution in [0, 0.1) is 10.8 Å². The van der Waals surface area contributed by atoms with Crippen LogP contribution in [0.4, 0.5) is 0 Å². The van der Waals surface area contributed by atoms with E-state index in [4.69, 9.17) is 5.73 Å². The summed E-state index contributed by atoms with van der Waals surface area (Å²) < 4.78 is 0. The fourth-order valence-corrected chi connectivity index (χ4v) is 1.19. The zero-order chi connectivity index (χ0) is 11.0. The number of carbonyl (C=O) groups excluding carboxylic acids is 1. The van der Waals surface area contributed by atoms with E-state index in [0.29, 0.717) is 5.41 Å². The van der Waals surface area contributed by atoms with Crippen LogP contribution in [-0.4, -0.2) is 18.5 Å². The average molecular weight is 198 g/mol. The van der Waals surface area contributed by atoms with E-state index in [1.165, 1.54) is 12.8 Å². The van der Waals surface area contributed by atoms with Crippen LogP contribution < -0.4 is 11.1 Å². The van der Waals surface area contributed by atoms with E-state index in [1.54, 1.807) is 0 Å². The lowest BCUT2D eigenvalue weighted by Crippen LogP contribution is -2.49. The van der Waals surface area contributed by atoms with Gasteiger partial charge in [0.2, 0.25) is 5.91 Å². The van der Waals surface area contributed by atoms with Crippen LogP contribution in [0.5, 0.6) is 0 Å². The molecule has 0 aliphatic heterocycles. The lowest BCUT2D eigenvalue weighted by Gasteiger charge is -2.26. The first-order chi connectivity index (χ1) is 6.25. The Labute approximate surface area is 86.4 Å². The van der Waals surface area contributed by atoms with Crippen LogP contribution in [0.2, 0.25) is 0 Å². The van der Waals surface area contributed by atoms with Gasteiger partial charge in [0.25, 0.3) is 0 Å². The first-order valence-electron chi connectivity index (χ1n) is 5.28. The molecule has 1 fully saturated rings. The highest BCUT2D eigenvalue weighted by molar-refractivity contribution is 5.82. The van der Waals surface area contributed by atoms with Gasteiger partial charge in [0.1, 0.15) is 0 Å². The van der Waals surface area contributed by atoms with Gasteiger partial charge in [-0.05, 0) is 23.7 Å². The van der Waals surface area contributed by atoms with E-state index in [1.807, 2.05) is 20.8 Å². The van der Waals surface area contributed by atoms with E-state index >= 15 is 0 Å². The molecular formula is C11H22N2O. The van der Waals surface area contributed by atoms with Gasteiger partial charge < -0.3 is 11.1 Å². The summed E-state index contributed by atoms with van der Waals surface area (Å²) in [5.74, 6) is -0.0226. The molecular weight excluding hydrogens is 176 g/mol. The zero-order valence-corrected chi connectivity index (χ0v) is 9.68. The zero-order valence-electron chi connectivity index (χ0n) is 9.68. The Hall–Kier alpha value is -0.570. The quantitative estimate of drug-likeness (QED) is 0.717. The highest BCUT2D eigenvalue weighted by atomic mass is 16.2. The van der Waals surface area contributed by atoms with Crippen LogP contribution in [0.25, 0.3) is 0 Å². The lowest BCUT2D eigenvalue weighted by atomic mass is 9.87. The molecule has 1 saturated carbocycles. The molecule has 1 amide bonds. The first kappa shape index (κ1) is 11.5. The largest absolute Gasteiger partial charge is 0.354 e. The molecule has 1 rings (SSSR count). The van der Waals surface area contributed by atoms with Gasteiger partial charge in [-0.25, -0.2) is 0 Å². The highest BCUT2D eigenvalue weighted by Gasteiger charge is 2.38. The molecule has 0 aromatic rings. The van der Waals surface area contributed by atoms with Crippen LogP contribution in [0.15, 0.2) is 0 Å². The average Bonchev–Trinajstić information content (AvgIpc) is 2.77. The number of nitrogens with two attached hydrogens (primary N) is 1. The predicted octanol–water partition coefficient (Wildman–Crippen LogP) is 1.28. The van der Waals surface area contributed by atoms with Crippen molar-refractivity contribution in [2.24, 2.45) is 16.6 Å². The molecule has 1 aliphatic rings. The second kappa shape index (κ2) is 3.54. The number of nitrogens with one attached hydrogen (secondary N) is 1. The number of hydrogen-bond acceptors (Lipinski definition) is 2. The number of hydrogen-bond donors (Lipinski definition) is 2. The molecule has 3 N–H and O–H groups in total. The molecule has 0 heterocycles. The van der Waals surface area contributed by atoms with Crippen molar-refractivity contribution in [3.05, 3.63) is 0 Å². The Balaban J connectivity index is 2.34. The normalized spacial score (nSPS) is 21.5. The van der Waals surface area contributed by atoms with Crippen molar-refractivity contribution < 1.29 is 4.79 Å². The molecule has 0 aromatic carbocycles. The number of amides is 1.